The Balaban J connectivity index is 1.12. The first-order chi connectivity index (χ1) is 32.3. The average Bonchev–Trinajstić information content (AvgIpc) is 3.92. The lowest BCUT2D eigenvalue weighted by molar-refractivity contribution is 0.0737. The van der Waals surface area contributed by atoms with Gasteiger partial charge in [0.2, 0.25) is 0 Å². The van der Waals surface area contributed by atoms with Gasteiger partial charge >= 0.3 is 0 Å². The number of carbonyl (C=O) groups excluding carboxylic acids is 2. The zero-order valence-electron chi connectivity index (χ0n) is 42.0. The highest BCUT2D eigenvalue weighted by Crippen LogP contribution is 2.44. The molecule has 0 unspecified atom stereocenters. The van der Waals surface area contributed by atoms with Crippen LogP contribution in [0.2, 0.25) is 36.3 Å². The Morgan fingerprint density at radius 2 is 1.10 bits per heavy atom. The van der Waals surface area contributed by atoms with Gasteiger partial charge in [-0.25, -0.2) is 8.78 Å². The van der Waals surface area contributed by atoms with Crippen LogP contribution in [-0.4, -0.2) is 89.2 Å². The van der Waals surface area contributed by atoms with Crippen molar-refractivity contribution in [2.75, 3.05) is 45.5 Å². The maximum absolute atomic E-state index is 14.4. The van der Waals surface area contributed by atoms with Crippen LogP contribution in [0.4, 0.5) is 20.2 Å². The van der Waals surface area contributed by atoms with E-state index in [1.165, 1.54) is 38.5 Å². The third-order valence-electron chi connectivity index (χ3n) is 14.3. The number of hydrogen-bond acceptors (Lipinski definition) is 10. The maximum atomic E-state index is 14.4. The van der Waals surface area contributed by atoms with Gasteiger partial charge in [0.25, 0.3) is 11.8 Å². The van der Waals surface area contributed by atoms with E-state index in [0.717, 1.165) is 22.3 Å². The van der Waals surface area contributed by atoms with Crippen molar-refractivity contribution in [3.8, 4) is 23.0 Å². The van der Waals surface area contributed by atoms with Gasteiger partial charge in [-0.3, -0.25) is 9.59 Å². The van der Waals surface area contributed by atoms with Gasteiger partial charge in [-0.1, -0.05) is 58.9 Å². The molecule has 0 bridgehead atoms. The number of carbonyl (C=O) groups is 2. The second-order valence-corrected chi connectivity index (χ2v) is 30.0. The molecule has 2 amide bonds. The summed E-state index contributed by atoms with van der Waals surface area (Å²) >= 11 is 0. The highest BCUT2D eigenvalue weighted by atomic mass is 28.4. The standard InChI is InChI=1S/C53H70F2N4O8Si2/c1-52(2,3)69(10,11)67-33-41-26-37(35-15-19-39(55)20-16-35)32-59(41)51(61)43-28-47(64-7)49(30-45(43)57)66-24-12-23-65-48-29-44(56)42(27-46(48)63-6)50(60)58-31-36(34-13-17-38(54)18-14-34)25-40(58)21-22-53(4,5)68(8,9)62/h13-20,27-32,40-41,62H,12,21-26,33,56-57H2,1-11H3/t40-,41+/m1/s1. The smallest absolute Gasteiger partial charge is 0.260 e. The molecule has 0 saturated heterocycles. The van der Waals surface area contributed by atoms with Gasteiger partial charge in [-0.2, -0.15) is 0 Å². The number of anilines is 2. The van der Waals surface area contributed by atoms with Crippen LogP contribution in [0, 0.1) is 11.6 Å². The quantitative estimate of drug-likeness (QED) is 0.0469. The van der Waals surface area contributed by atoms with Crippen LogP contribution in [0.5, 0.6) is 23.0 Å². The lowest BCUT2D eigenvalue weighted by atomic mass is 9.96. The van der Waals surface area contributed by atoms with E-state index in [-0.39, 0.29) is 81.3 Å². The molecule has 2 atom stereocenters. The Labute approximate surface area is 408 Å². The van der Waals surface area contributed by atoms with Gasteiger partial charge in [0, 0.05) is 48.4 Å². The van der Waals surface area contributed by atoms with Gasteiger partial charge in [0.05, 0.1) is 51.2 Å². The van der Waals surface area contributed by atoms with E-state index in [0.29, 0.717) is 61.7 Å². The summed E-state index contributed by atoms with van der Waals surface area (Å²) in [7, 11) is -1.70. The molecule has 5 N–H and O–H groups in total. The second kappa shape index (κ2) is 21.1. The molecule has 0 aromatic heterocycles. The van der Waals surface area contributed by atoms with E-state index >= 15 is 0 Å². The number of ether oxygens (including phenoxy) is 4. The predicted octanol–water partition coefficient (Wildman–Crippen LogP) is 11.3. The molecule has 372 valence electrons. The van der Waals surface area contributed by atoms with Gasteiger partial charge in [-0.05, 0) is 121 Å². The molecule has 0 saturated carbocycles. The van der Waals surface area contributed by atoms with E-state index in [1.54, 1.807) is 64.5 Å². The molecule has 0 radical (unpaired) electrons. The Morgan fingerprint density at radius 1 is 0.681 bits per heavy atom. The summed E-state index contributed by atoms with van der Waals surface area (Å²) in [6.45, 7) is 19.6. The first kappa shape index (κ1) is 52.7. The Bertz CT molecular complexity index is 2380. The Morgan fingerprint density at radius 3 is 1.51 bits per heavy atom. The summed E-state index contributed by atoms with van der Waals surface area (Å²) in [6.07, 6.45) is 6.47. The van der Waals surface area contributed by atoms with E-state index in [1.807, 2.05) is 19.3 Å². The van der Waals surface area contributed by atoms with Crippen LogP contribution in [0.15, 0.2) is 85.2 Å². The molecule has 4 aromatic rings. The molecule has 4 aromatic carbocycles. The summed E-state index contributed by atoms with van der Waals surface area (Å²) in [4.78, 5) is 43.1. The normalized spacial score (nSPS) is 16.6. The van der Waals surface area contributed by atoms with Gasteiger partial charge in [-0.15, -0.1) is 0 Å². The van der Waals surface area contributed by atoms with Crippen molar-refractivity contribution in [1.29, 1.82) is 0 Å². The van der Waals surface area contributed by atoms with Crippen molar-refractivity contribution in [3.05, 3.63) is 119 Å². The summed E-state index contributed by atoms with van der Waals surface area (Å²) < 4.78 is 57.9. The minimum Gasteiger partial charge on any atom is -0.493 e. The van der Waals surface area contributed by atoms with Crippen LogP contribution in [-0.2, 0) is 4.43 Å². The van der Waals surface area contributed by atoms with Crippen LogP contribution < -0.4 is 30.4 Å². The zero-order chi connectivity index (χ0) is 50.6. The van der Waals surface area contributed by atoms with Crippen molar-refractivity contribution >= 4 is 51.0 Å². The summed E-state index contributed by atoms with van der Waals surface area (Å²) in [6, 6.07) is 18.3. The summed E-state index contributed by atoms with van der Waals surface area (Å²) in [5, 5.41) is -0.328. The number of halogens is 2. The molecule has 0 fully saturated rings. The third kappa shape index (κ3) is 12.2. The van der Waals surface area contributed by atoms with Gasteiger partial charge in [0.15, 0.2) is 39.6 Å². The SMILES string of the molecule is COc1cc(C(=O)N2C=C(c3ccc(F)cc3)C[C@H]2CCC(C)(C)[Si](C)(C)O)c(N)cc1OCCCOc1cc(N)c(C(=O)N2C=C(c3ccc(F)cc3)C[C@H]2CO[Si](C)(C)C(C)(C)C)cc1OC. The number of benzene rings is 4. The van der Waals surface area contributed by atoms with E-state index in [4.69, 9.17) is 34.8 Å². The largest absolute Gasteiger partial charge is 0.493 e. The highest BCUT2D eigenvalue weighted by Gasteiger charge is 2.42. The average molecular weight is 985 g/mol. The van der Waals surface area contributed by atoms with Gasteiger partial charge in [0.1, 0.15) is 11.6 Å². The first-order valence-corrected chi connectivity index (χ1v) is 29.3. The Hall–Kier alpha value is -5.69. The topological polar surface area (TPSA) is 159 Å². The van der Waals surface area contributed by atoms with Crippen molar-refractivity contribution < 1.29 is 46.5 Å². The maximum Gasteiger partial charge on any atom is 0.260 e. The van der Waals surface area contributed by atoms with Crippen molar-refractivity contribution in [1.82, 2.24) is 9.80 Å². The molecule has 0 spiro atoms. The fourth-order valence-electron chi connectivity index (χ4n) is 8.02. The summed E-state index contributed by atoms with van der Waals surface area (Å²) in [5.41, 5.74) is 17.5. The molecule has 6 rings (SSSR count). The van der Waals surface area contributed by atoms with Crippen LogP contribution in [0.25, 0.3) is 11.1 Å². The molecule has 2 heterocycles. The monoisotopic (exact) mass is 984 g/mol. The van der Waals surface area contributed by atoms with E-state index in [2.05, 4.69) is 47.7 Å². The summed E-state index contributed by atoms with van der Waals surface area (Å²) in [5.74, 6) is 0.0209. The molecular weight excluding hydrogens is 915 g/mol. The fraction of sp³-hybridized carbons (Fsp3) is 0.434. The number of rotatable bonds is 19. The number of nitrogens with two attached hydrogens (primary N) is 2. The lowest BCUT2D eigenvalue weighted by Gasteiger charge is -2.38. The zero-order valence-corrected chi connectivity index (χ0v) is 44.0. The number of amides is 2. The minimum atomic E-state index is -2.51. The molecular formula is C53H70F2N4O8Si2. The fourth-order valence-corrected chi connectivity index (χ4v) is 9.82. The molecule has 12 nitrogen and oxygen atoms in total. The number of hydrogen-bond donors (Lipinski definition) is 3. The molecule has 16 heteroatoms. The van der Waals surface area contributed by atoms with Crippen molar-refractivity contribution in [2.45, 2.75) is 115 Å². The Kier molecular flexibility index (Phi) is 16.1. The second-order valence-electron chi connectivity index (χ2n) is 20.7. The van der Waals surface area contributed by atoms with E-state index < -0.39 is 16.6 Å². The predicted molar refractivity (Wildman–Crippen MR) is 274 cm³/mol. The molecule has 2 aliphatic heterocycles. The minimum absolute atomic E-state index is 0.0301. The molecule has 69 heavy (non-hydrogen) atoms. The van der Waals surface area contributed by atoms with Crippen LogP contribution in [0.1, 0.15) is 98.6 Å². The van der Waals surface area contributed by atoms with Gasteiger partial charge < -0.3 is 49.4 Å². The van der Waals surface area contributed by atoms with Crippen LogP contribution >= 0.6 is 0 Å². The van der Waals surface area contributed by atoms with Crippen molar-refractivity contribution in [3.63, 3.8) is 0 Å². The number of nitrogens with zero attached hydrogens (tertiary/aromatic N) is 2. The van der Waals surface area contributed by atoms with E-state index in [9.17, 15) is 23.2 Å². The highest BCUT2D eigenvalue weighted by molar-refractivity contribution is 6.74. The van der Waals surface area contributed by atoms with Crippen LogP contribution in [0.3, 0.4) is 0 Å². The first-order valence-electron chi connectivity index (χ1n) is 23.5. The lowest BCUT2D eigenvalue weighted by Crippen LogP contribution is -2.45. The van der Waals surface area contributed by atoms with Crippen molar-refractivity contribution in [2.24, 2.45) is 0 Å². The number of nitrogen functional groups attached to an aromatic ring is 2. The molecule has 0 aliphatic carbocycles. The molecule has 2 aliphatic rings. The number of methoxy groups -OCH3 is 2. The third-order valence-corrected chi connectivity index (χ3v) is 22.4.